The molecule has 2 saturated heterocycles. The fourth-order valence-electron chi connectivity index (χ4n) is 5.68. The van der Waals surface area contributed by atoms with Gasteiger partial charge in [0.05, 0.1) is 29.5 Å². The van der Waals surface area contributed by atoms with E-state index in [1.807, 2.05) is 24.4 Å². The maximum Gasteiger partial charge on any atom is 0.255 e. The lowest BCUT2D eigenvalue weighted by Gasteiger charge is -2.44. The Bertz CT molecular complexity index is 1340. The molecule has 0 atom stereocenters. The molecular formula is C28H30FN5O. The van der Waals surface area contributed by atoms with E-state index in [9.17, 15) is 4.39 Å². The number of rotatable bonds is 4. The summed E-state index contributed by atoms with van der Waals surface area (Å²) in [6, 6.07) is 18.9. The largest absolute Gasteiger partial charge is 0.492 e. The minimum absolute atomic E-state index is 0.187. The smallest absolute Gasteiger partial charge is 0.255 e. The molecule has 2 aromatic carbocycles. The standard InChI is InChI=1S/C28H30FN5O/c1-35-25-19-21-6-3-9-24(27(21)31-28(25)29)33-13-10-22(11-14-33)32-15-17-34(18-16-32)23-8-2-5-20-7-4-12-30-26(20)23/h2-9,12,19,22H,10-11,13-18H2,1H3. The number of para-hydroxylation sites is 2. The number of nitrogens with zero attached hydrogens (tertiary/aromatic N) is 5. The number of methoxy groups -OCH3 is 1. The Hall–Kier alpha value is -3.45. The van der Waals surface area contributed by atoms with Gasteiger partial charge in [0, 0.05) is 62.3 Å². The summed E-state index contributed by atoms with van der Waals surface area (Å²) >= 11 is 0. The van der Waals surface area contributed by atoms with E-state index in [4.69, 9.17) is 4.74 Å². The van der Waals surface area contributed by atoms with Crippen molar-refractivity contribution < 1.29 is 9.13 Å². The zero-order chi connectivity index (χ0) is 23.8. The van der Waals surface area contributed by atoms with Gasteiger partial charge in [-0.05, 0) is 37.1 Å². The first kappa shape index (κ1) is 22.0. The van der Waals surface area contributed by atoms with Gasteiger partial charge in [0.25, 0.3) is 5.95 Å². The van der Waals surface area contributed by atoms with Gasteiger partial charge in [-0.3, -0.25) is 9.88 Å². The van der Waals surface area contributed by atoms with E-state index in [1.165, 1.54) is 18.2 Å². The van der Waals surface area contributed by atoms with E-state index >= 15 is 0 Å². The number of piperazine rings is 1. The fourth-order valence-corrected chi connectivity index (χ4v) is 5.68. The molecule has 4 aromatic rings. The Morgan fingerprint density at radius 3 is 2.20 bits per heavy atom. The van der Waals surface area contributed by atoms with Crippen LogP contribution in [0.4, 0.5) is 15.8 Å². The van der Waals surface area contributed by atoms with E-state index < -0.39 is 5.95 Å². The second-order valence-electron chi connectivity index (χ2n) is 9.42. The minimum Gasteiger partial charge on any atom is -0.492 e. The molecule has 2 aromatic heterocycles. The van der Waals surface area contributed by atoms with Crippen molar-refractivity contribution >= 4 is 33.2 Å². The summed E-state index contributed by atoms with van der Waals surface area (Å²) in [6.07, 6.45) is 4.09. The minimum atomic E-state index is -0.554. The zero-order valence-electron chi connectivity index (χ0n) is 20.0. The van der Waals surface area contributed by atoms with Gasteiger partial charge >= 0.3 is 0 Å². The number of anilines is 2. The molecule has 6 nitrogen and oxygen atoms in total. The third kappa shape index (κ3) is 4.14. The number of hydrogen-bond donors (Lipinski definition) is 0. The summed E-state index contributed by atoms with van der Waals surface area (Å²) < 4.78 is 19.5. The van der Waals surface area contributed by atoms with Crippen molar-refractivity contribution in [3.63, 3.8) is 0 Å². The molecule has 0 bridgehead atoms. The van der Waals surface area contributed by atoms with Crippen LogP contribution in [0.2, 0.25) is 0 Å². The quantitative estimate of drug-likeness (QED) is 0.401. The molecule has 0 radical (unpaired) electrons. The van der Waals surface area contributed by atoms with Crippen molar-refractivity contribution in [2.45, 2.75) is 18.9 Å². The summed E-state index contributed by atoms with van der Waals surface area (Å²) in [5, 5.41) is 2.10. The molecule has 2 aliphatic rings. The summed E-state index contributed by atoms with van der Waals surface area (Å²) in [5.41, 5.74) is 4.05. The van der Waals surface area contributed by atoms with Crippen LogP contribution < -0.4 is 14.5 Å². The molecule has 6 rings (SSSR count). The predicted molar refractivity (Wildman–Crippen MR) is 139 cm³/mol. The van der Waals surface area contributed by atoms with Crippen molar-refractivity contribution in [1.29, 1.82) is 0 Å². The highest BCUT2D eigenvalue weighted by atomic mass is 19.1. The molecule has 0 amide bonds. The Kier molecular flexibility index (Phi) is 5.86. The Morgan fingerprint density at radius 2 is 1.46 bits per heavy atom. The molecule has 180 valence electrons. The van der Waals surface area contributed by atoms with Gasteiger partial charge in [-0.25, -0.2) is 4.98 Å². The molecule has 0 aliphatic carbocycles. The third-order valence-electron chi connectivity index (χ3n) is 7.55. The predicted octanol–water partition coefficient (Wildman–Crippen LogP) is 4.72. The average Bonchev–Trinajstić information content (AvgIpc) is 2.92. The third-order valence-corrected chi connectivity index (χ3v) is 7.55. The Morgan fingerprint density at radius 1 is 0.800 bits per heavy atom. The molecule has 0 spiro atoms. The molecule has 0 unspecified atom stereocenters. The monoisotopic (exact) mass is 471 g/mol. The highest BCUT2D eigenvalue weighted by molar-refractivity contribution is 5.92. The second-order valence-corrected chi connectivity index (χ2v) is 9.42. The molecule has 0 saturated carbocycles. The van der Waals surface area contributed by atoms with Crippen LogP contribution >= 0.6 is 0 Å². The molecule has 4 heterocycles. The number of piperidine rings is 1. The van der Waals surface area contributed by atoms with Crippen LogP contribution in [-0.4, -0.2) is 67.3 Å². The topological polar surface area (TPSA) is 44.7 Å². The van der Waals surface area contributed by atoms with Gasteiger partial charge in [0.2, 0.25) is 0 Å². The van der Waals surface area contributed by atoms with Crippen molar-refractivity contribution in [2.75, 3.05) is 56.2 Å². The van der Waals surface area contributed by atoms with Gasteiger partial charge < -0.3 is 14.5 Å². The summed E-state index contributed by atoms with van der Waals surface area (Å²) in [7, 11) is 1.47. The number of aromatic nitrogens is 2. The van der Waals surface area contributed by atoms with E-state index in [1.54, 1.807) is 6.07 Å². The van der Waals surface area contributed by atoms with E-state index in [-0.39, 0.29) is 5.75 Å². The van der Waals surface area contributed by atoms with Crippen molar-refractivity contribution in [1.82, 2.24) is 14.9 Å². The Balaban J connectivity index is 1.11. The van der Waals surface area contributed by atoms with E-state index in [0.717, 1.165) is 68.7 Å². The number of halogens is 1. The number of pyridine rings is 2. The van der Waals surface area contributed by atoms with Crippen molar-refractivity contribution in [2.24, 2.45) is 0 Å². The maximum absolute atomic E-state index is 14.3. The van der Waals surface area contributed by atoms with Crippen LogP contribution in [0.15, 0.2) is 60.8 Å². The van der Waals surface area contributed by atoms with Gasteiger partial charge in [0.15, 0.2) is 5.75 Å². The normalized spacial score (nSPS) is 17.9. The van der Waals surface area contributed by atoms with E-state index in [2.05, 4.69) is 55.0 Å². The molecule has 35 heavy (non-hydrogen) atoms. The lowest BCUT2D eigenvalue weighted by atomic mass is 10.0. The maximum atomic E-state index is 14.3. The number of benzene rings is 2. The number of fused-ring (bicyclic) bond motifs is 2. The van der Waals surface area contributed by atoms with Crippen LogP contribution in [-0.2, 0) is 0 Å². The molecule has 2 fully saturated rings. The zero-order valence-corrected chi connectivity index (χ0v) is 20.0. The summed E-state index contributed by atoms with van der Waals surface area (Å²) in [4.78, 5) is 16.4. The Labute approximate surface area is 204 Å². The first-order valence-electron chi connectivity index (χ1n) is 12.4. The molecule has 7 heteroatoms. The summed E-state index contributed by atoms with van der Waals surface area (Å²) in [5.74, 6) is -0.367. The molecule has 0 N–H and O–H groups in total. The van der Waals surface area contributed by atoms with E-state index in [0.29, 0.717) is 11.6 Å². The first-order valence-corrected chi connectivity index (χ1v) is 12.4. The van der Waals surface area contributed by atoms with Crippen LogP contribution in [0.3, 0.4) is 0 Å². The fraction of sp³-hybridized carbons (Fsp3) is 0.357. The SMILES string of the molecule is COc1cc2cccc(N3CCC(N4CCN(c5cccc6cccnc56)CC4)CC3)c2nc1F. The van der Waals surface area contributed by atoms with Gasteiger partial charge in [-0.15, -0.1) is 0 Å². The van der Waals surface area contributed by atoms with Gasteiger partial charge in [0.1, 0.15) is 0 Å². The van der Waals surface area contributed by atoms with Gasteiger partial charge in [-0.1, -0.05) is 30.3 Å². The van der Waals surface area contributed by atoms with Crippen molar-refractivity contribution in [3.8, 4) is 5.75 Å². The van der Waals surface area contributed by atoms with Crippen molar-refractivity contribution in [3.05, 3.63) is 66.7 Å². The van der Waals surface area contributed by atoms with Crippen LogP contribution in [0.25, 0.3) is 21.8 Å². The molecular weight excluding hydrogens is 441 g/mol. The lowest BCUT2D eigenvalue weighted by Crippen LogP contribution is -2.53. The summed E-state index contributed by atoms with van der Waals surface area (Å²) in [6.45, 7) is 6.07. The lowest BCUT2D eigenvalue weighted by molar-refractivity contribution is 0.160. The molecule has 2 aliphatic heterocycles. The van der Waals surface area contributed by atoms with Gasteiger partial charge in [-0.2, -0.15) is 4.39 Å². The highest BCUT2D eigenvalue weighted by Crippen LogP contribution is 2.32. The highest BCUT2D eigenvalue weighted by Gasteiger charge is 2.29. The number of ether oxygens (including phenoxy) is 1. The van der Waals surface area contributed by atoms with Crippen LogP contribution in [0.5, 0.6) is 5.75 Å². The van der Waals surface area contributed by atoms with Crippen LogP contribution in [0, 0.1) is 5.95 Å². The van der Waals surface area contributed by atoms with Crippen LogP contribution in [0.1, 0.15) is 12.8 Å². The first-order chi connectivity index (χ1) is 17.2. The second kappa shape index (κ2) is 9.30. The number of hydrogen-bond acceptors (Lipinski definition) is 6. The average molecular weight is 472 g/mol.